The lowest BCUT2D eigenvalue weighted by Gasteiger charge is -2.25. The summed E-state index contributed by atoms with van der Waals surface area (Å²) in [6.45, 7) is 2.10. The van der Waals surface area contributed by atoms with E-state index in [9.17, 15) is 5.26 Å². The number of nitrogens with one attached hydrogen (secondary N) is 1. The SMILES string of the molecule is CCCc1[nH]nc2c1C(c1ccnc3ccccc13)C(C#N)=C(N)O2. The van der Waals surface area contributed by atoms with Crippen molar-refractivity contribution in [3.05, 3.63) is 64.8 Å². The van der Waals surface area contributed by atoms with Crippen LogP contribution in [0.15, 0.2) is 48.0 Å². The molecular weight excluding hydrogens is 314 g/mol. The molecule has 1 aromatic carbocycles. The largest absolute Gasteiger partial charge is 0.420 e. The van der Waals surface area contributed by atoms with Crippen molar-refractivity contribution in [3.63, 3.8) is 0 Å². The Kier molecular flexibility index (Phi) is 3.62. The van der Waals surface area contributed by atoms with E-state index in [1.54, 1.807) is 6.20 Å². The fourth-order valence-corrected chi connectivity index (χ4v) is 3.43. The number of benzene rings is 1. The Bertz CT molecular complexity index is 1020. The predicted octanol–water partition coefficient (Wildman–Crippen LogP) is 3.13. The third-order valence-corrected chi connectivity index (χ3v) is 4.51. The van der Waals surface area contributed by atoms with Crippen LogP contribution in [0, 0.1) is 11.3 Å². The molecule has 0 amide bonds. The summed E-state index contributed by atoms with van der Waals surface area (Å²) in [4.78, 5) is 4.42. The lowest BCUT2D eigenvalue weighted by atomic mass is 9.82. The van der Waals surface area contributed by atoms with Gasteiger partial charge < -0.3 is 10.5 Å². The van der Waals surface area contributed by atoms with Crippen LogP contribution in [0.2, 0.25) is 0 Å². The van der Waals surface area contributed by atoms with Crippen LogP contribution in [-0.2, 0) is 6.42 Å². The van der Waals surface area contributed by atoms with Crippen LogP contribution in [0.4, 0.5) is 0 Å². The summed E-state index contributed by atoms with van der Waals surface area (Å²) in [6.07, 6.45) is 3.54. The molecule has 1 atom stereocenters. The van der Waals surface area contributed by atoms with Gasteiger partial charge in [-0.1, -0.05) is 31.5 Å². The van der Waals surface area contributed by atoms with Crippen LogP contribution >= 0.6 is 0 Å². The van der Waals surface area contributed by atoms with Gasteiger partial charge in [-0.25, -0.2) is 0 Å². The zero-order chi connectivity index (χ0) is 17.4. The number of aromatic nitrogens is 3. The van der Waals surface area contributed by atoms with Gasteiger partial charge in [-0.15, -0.1) is 5.10 Å². The molecule has 3 aromatic rings. The lowest BCUT2D eigenvalue weighted by molar-refractivity contribution is 0.379. The molecule has 6 nitrogen and oxygen atoms in total. The molecule has 3 heterocycles. The highest BCUT2D eigenvalue weighted by atomic mass is 16.5. The predicted molar refractivity (Wildman–Crippen MR) is 93.6 cm³/mol. The normalized spacial score (nSPS) is 16.4. The monoisotopic (exact) mass is 331 g/mol. The fraction of sp³-hybridized carbons (Fsp3) is 0.211. The van der Waals surface area contributed by atoms with E-state index in [1.165, 1.54) is 0 Å². The molecule has 25 heavy (non-hydrogen) atoms. The van der Waals surface area contributed by atoms with Crippen molar-refractivity contribution in [2.45, 2.75) is 25.7 Å². The van der Waals surface area contributed by atoms with Crippen LogP contribution in [0.25, 0.3) is 10.9 Å². The zero-order valence-corrected chi connectivity index (χ0v) is 13.8. The molecule has 0 spiro atoms. The molecule has 0 aliphatic carbocycles. The summed E-state index contributed by atoms with van der Waals surface area (Å²) in [5, 5.41) is 18.0. The van der Waals surface area contributed by atoms with Gasteiger partial charge in [-0.2, -0.15) is 5.26 Å². The summed E-state index contributed by atoms with van der Waals surface area (Å²) < 4.78 is 5.60. The van der Waals surface area contributed by atoms with Gasteiger partial charge in [-0.05, 0) is 24.1 Å². The Morgan fingerprint density at radius 2 is 2.16 bits per heavy atom. The van der Waals surface area contributed by atoms with Gasteiger partial charge in [0.1, 0.15) is 11.6 Å². The third-order valence-electron chi connectivity index (χ3n) is 4.51. The standard InChI is InChI=1S/C19H17N5O/c1-2-5-15-17-16(13(10-20)18(21)25-19(17)24-23-15)12-8-9-22-14-7-4-3-6-11(12)14/h3-4,6-9,16H,2,5,21H2,1H3,(H,23,24). The second-order valence-corrected chi connectivity index (χ2v) is 6.01. The average molecular weight is 331 g/mol. The highest BCUT2D eigenvalue weighted by Gasteiger charge is 2.35. The number of allylic oxidation sites excluding steroid dienone is 1. The number of pyridine rings is 1. The van der Waals surface area contributed by atoms with Gasteiger partial charge >= 0.3 is 0 Å². The molecule has 0 saturated heterocycles. The highest BCUT2D eigenvalue weighted by Crippen LogP contribution is 2.44. The minimum Gasteiger partial charge on any atom is -0.420 e. The van der Waals surface area contributed by atoms with Crippen molar-refractivity contribution in [1.82, 2.24) is 15.2 Å². The lowest BCUT2D eigenvalue weighted by Crippen LogP contribution is -2.21. The number of nitrogens with zero attached hydrogens (tertiary/aromatic N) is 3. The Morgan fingerprint density at radius 3 is 2.96 bits per heavy atom. The van der Waals surface area contributed by atoms with E-state index in [2.05, 4.69) is 28.2 Å². The number of aryl methyl sites for hydroxylation is 1. The Balaban J connectivity index is 2.02. The Morgan fingerprint density at radius 1 is 1.32 bits per heavy atom. The summed E-state index contributed by atoms with van der Waals surface area (Å²) in [5.74, 6) is 0.239. The summed E-state index contributed by atoms with van der Waals surface area (Å²) in [7, 11) is 0. The molecule has 124 valence electrons. The minimum atomic E-state index is -0.318. The number of H-pyrrole nitrogens is 1. The molecule has 1 aliphatic rings. The molecule has 2 aromatic heterocycles. The van der Waals surface area contributed by atoms with Crippen LogP contribution in [0.5, 0.6) is 5.88 Å². The van der Waals surface area contributed by atoms with Crippen LogP contribution in [-0.4, -0.2) is 15.2 Å². The van der Waals surface area contributed by atoms with Gasteiger partial charge in [0, 0.05) is 22.8 Å². The quantitative estimate of drug-likeness (QED) is 0.768. The molecule has 0 fully saturated rings. The van der Waals surface area contributed by atoms with Gasteiger partial charge in [0.05, 0.1) is 11.4 Å². The van der Waals surface area contributed by atoms with Crippen molar-refractivity contribution in [2.75, 3.05) is 0 Å². The summed E-state index contributed by atoms with van der Waals surface area (Å²) >= 11 is 0. The zero-order valence-electron chi connectivity index (χ0n) is 13.8. The van der Waals surface area contributed by atoms with Gasteiger partial charge in [-0.3, -0.25) is 10.1 Å². The van der Waals surface area contributed by atoms with E-state index >= 15 is 0 Å². The molecule has 0 saturated carbocycles. The van der Waals surface area contributed by atoms with Gasteiger partial charge in [0.25, 0.3) is 0 Å². The summed E-state index contributed by atoms with van der Waals surface area (Å²) in [6, 6.07) is 12.1. The number of hydrogen-bond acceptors (Lipinski definition) is 5. The first-order valence-corrected chi connectivity index (χ1v) is 8.23. The first kappa shape index (κ1) is 15.2. The van der Waals surface area contributed by atoms with Crippen molar-refractivity contribution in [1.29, 1.82) is 5.26 Å². The second-order valence-electron chi connectivity index (χ2n) is 6.01. The van der Waals surface area contributed by atoms with Crippen molar-refractivity contribution < 1.29 is 4.74 Å². The van der Waals surface area contributed by atoms with Crippen molar-refractivity contribution >= 4 is 10.9 Å². The number of para-hydroxylation sites is 1. The number of ether oxygens (including phenoxy) is 1. The first-order valence-electron chi connectivity index (χ1n) is 8.23. The number of hydrogen-bond donors (Lipinski definition) is 2. The number of fused-ring (bicyclic) bond motifs is 2. The van der Waals surface area contributed by atoms with Crippen molar-refractivity contribution in [2.24, 2.45) is 5.73 Å². The van der Waals surface area contributed by atoms with E-state index in [0.717, 1.165) is 40.6 Å². The van der Waals surface area contributed by atoms with Crippen LogP contribution < -0.4 is 10.5 Å². The molecule has 4 rings (SSSR count). The molecule has 1 aliphatic heterocycles. The van der Waals surface area contributed by atoms with E-state index in [1.807, 2.05) is 30.3 Å². The fourth-order valence-electron chi connectivity index (χ4n) is 3.43. The maximum Gasteiger partial charge on any atom is 0.244 e. The minimum absolute atomic E-state index is 0.107. The van der Waals surface area contributed by atoms with E-state index in [0.29, 0.717) is 11.5 Å². The maximum atomic E-state index is 9.74. The smallest absolute Gasteiger partial charge is 0.244 e. The van der Waals surface area contributed by atoms with Crippen molar-refractivity contribution in [3.8, 4) is 11.9 Å². The number of rotatable bonds is 3. The Labute approximate surface area is 144 Å². The Hall–Kier alpha value is -3.33. The molecule has 1 unspecified atom stereocenters. The van der Waals surface area contributed by atoms with Crippen LogP contribution in [0.3, 0.4) is 0 Å². The molecular formula is C19H17N5O. The van der Waals surface area contributed by atoms with Gasteiger partial charge in [0.15, 0.2) is 0 Å². The van der Waals surface area contributed by atoms with E-state index in [4.69, 9.17) is 10.5 Å². The van der Waals surface area contributed by atoms with Crippen LogP contribution in [0.1, 0.15) is 36.1 Å². The average Bonchev–Trinajstić information content (AvgIpc) is 3.03. The molecule has 0 bridgehead atoms. The van der Waals surface area contributed by atoms with Gasteiger partial charge in [0.2, 0.25) is 11.8 Å². The highest BCUT2D eigenvalue weighted by molar-refractivity contribution is 5.84. The number of aromatic amines is 1. The molecule has 0 radical (unpaired) electrons. The summed E-state index contributed by atoms with van der Waals surface area (Å²) in [5.41, 5.74) is 10.2. The topological polar surface area (TPSA) is 101 Å². The number of nitrogens with two attached hydrogens (primary N) is 1. The van der Waals surface area contributed by atoms with E-state index in [-0.39, 0.29) is 11.8 Å². The third kappa shape index (κ3) is 2.32. The second kappa shape index (κ2) is 5.95. The first-order chi connectivity index (χ1) is 12.2. The van der Waals surface area contributed by atoms with E-state index < -0.39 is 0 Å². The molecule has 3 N–H and O–H groups in total. The molecule has 6 heteroatoms. The number of nitriles is 1. The maximum absolute atomic E-state index is 9.74.